The highest BCUT2D eigenvalue weighted by Gasteiger charge is 2.15. The van der Waals surface area contributed by atoms with E-state index in [1.165, 1.54) is 5.56 Å². The average molecular weight is 275 g/mol. The molecule has 1 aromatic carbocycles. The Bertz CT molecular complexity index is 420. The van der Waals surface area contributed by atoms with Crippen molar-refractivity contribution in [1.29, 1.82) is 0 Å². The molecule has 0 saturated heterocycles. The van der Waals surface area contributed by atoms with Crippen LogP contribution in [0.2, 0.25) is 0 Å². The molecule has 0 saturated carbocycles. The number of Topliss-reactive ketones (excluding diaryl/α,β-unsaturated/α-hetero) is 1. The smallest absolute Gasteiger partial charge is 0.176 e. The van der Waals surface area contributed by atoms with Gasteiger partial charge in [0.25, 0.3) is 0 Å². The molecular formula is C18H29NO. The van der Waals surface area contributed by atoms with Crippen molar-refractivity contribution in [2.24, 2.45) is 5.92 Å². The predicted molar refractivity (Wildman–Crippen MR) is 86.4 cm³/mol. The van der Waals surface area contributed by atoms with Crippen molar-refractivity contribution in [2.75, 3.05) is 13.6 Å². The van der Waals surface area contributed by atoms with Gasteiger partial charge in [-0.1, -0.05) is 52.0 Å². The lowest BCUT2D eigenvalue weighted by atomic mass is 10.00. The Morgan fingerprint density at radius 1 is 1.05 bits per heavy atom. The summed E-state index contributed by atoms with van der Waals surface area (Å²) in [6.45, 7) is 11.5. The summed E-state index contributed by atoms with van der Waals surface area (Å²) in [6.07, 6.45) is 1.12. The molecule has 0 bridgehead atoms. The maximum Gasteiger partial charge on any atom is 0.176 e. The van der Waals surface area contributed by atoms with Crippen LogP contribution in [0.3, 0.4) is 0 Å². The van der Waals surface area contributed by atoms with Gasteiger partial charge in [-0.2, -0.15) is 0 Å². The zero-order chi connectivity index (χ0) is 15.3. The molecular weight excluding hydrogens is 246 g/mol. The summed E-state index contributed by atoms with van der Waals surface area (Å²) in [6, 6.07) is 8.48. The fourth-order valence-electron chi connectivity index (χ4n) is 2.39. The molecule has 0 amide bonds. The first-order valence-electron chi connectivity index (χ1n) is 7.64. The quantitative estimate of drug-likeness (QED) is 0.689. The Labute approximate surface area is 124 Å². The van der Waals surface area contributed by atoms with Crippen LogP contribution in [0, 0.1) is 5.92 Å². The topological polar surface area (TPSA) is 20.3 Å². The Hall–Kier alpha value is -1.15. The molecule has 2 nitrogen and oxygen atoms in total. The molecule has 20 heavy (non-hydrogen) atoms. The zero-order valence-corrected chi connectivity index (χ0v) is 13.8. The summed E-state index contributed by atoms with van der Waals surface area (Å²) in [5.41, 5.74) is 2.10. The summed E-state index contributed by atoms with van der Waals surface area (Å²) in [5.74, 6) is 1.37. The fourth-order valence-corrected chi connectivity index (χ4v) is 2.39. The number of hydrogen-bond donors (Lipinski definition) is 0. The normalized spacial score (nSPS) is 13.2. The van der Waals surface area contributed by atoms with E-state index in [9.17, 15) is 4.79 Å². The van der Waals surface area contributed by atoms with Crippen LogP contribution in [0.1, 0.15) is 62.9 Å². The summed E-state index contributed by atoms with van der Waals surface area (Å²) >= 11 is 0. The van der Waals surface area contributed by atoms with Gasteiger partial charge in [0.2, 0.25) is 0 Å². The number of nitrogens with zero attached hydrogens (tertiary/aromatic N) is 1. The van der Waals surface area contributed by atoms with Crippen LogP contribution in [0.5, 0.6) is 0 Å². The number of ketones is 1. The molecule has 0 N–H and O–H groups in total. The fraction of sp³-hybridized carbons (Fsp3) is 0.611. The van der Waals surface area contributed by atoms with Crippen molar-refractivity contribution in [1.82, 2.24) is 4.90 Å². The van der Waals surface area contributed by atoms with E-state index in [1.54, 1.807) is 0 Å². The molecule has 1 atom stereocenters. The van der Waals surface area contributed by atoms with Crippen LogP contribution in [0.4, 0.5) is 0 Å². The predicted octanol–water partition coefficient (Wildman–Crippen LogP) is 4.36. The van der Waals surface area contributed by atoms with E-state index in [2.05, 4.69) is 51.7 Å². The lowest BCUT2D eigenvalue weighted by molar-refractivity contribution is 0.0916. The van der Waals surface area contributed by atoms with Gasteiger partial charge >= 0.3 is 0 Å². The molecule has 112 valence electrons. The highest BCUT2D eigenvalue weighted by atomic mass is 16.1. The monoisotopic (exact) mass is 275 g/mol. The number of carbonyl (C=O) groups excluding carboxylic acids is 1. The summed E-state index contributed by atoms with van der Waals surface area (Å²) in [5, 5.41) is 0. The van der Waals surface area contributed by atoms with Crippen LogP contribution >= 0.6 is 0 Å². The van der Waals surface area contributed by atoms with E-state index in [-0.39, 0.29) is 5.78 Å². The second kappa shape index (κ2) is 7.58. The molecule has 0 aromatic heterocycles. The van der Waals surface area contributed by atoms with Crippen molar-refractivity contribution in [3.8, 4) is 0 Å². The van der Waals surface area contributed by atoms with Gasteiger partial charge in [-0.25, -0.2) is 0 Å². The van der Waals surface area contributed by atoms with Gasteiger partial charge in [0, 0.05) is 11.6 Å². The minimum absolute atomic E-state index is 0.207. The van der Waals surface area contributed by atoms with Crippen molar-refractivity contribution in [3.05, 3.63) is 35.4 Å². The molecule has 2 heteroatoms. The lowest BCUT2D eigenvalue weighted by Crippen LogP contribution is -2.34. The first-order valence-corrected chi connectivity index (χ1v) is 7.64. The SMILES string of the molecule is CC(C)CC(C)N(C)CC(=O)c1ccc(C(C)C)cc1. The van der Waals surface area contributed by atoms with Crippen LogP contribution in [0.15, 0.2) is 24.3 Å². The third-order valence-corrected chi connectivity index (χ3v) is 3.86. The Morgan fingerprint density at radius 2 is 1.60 bits per heavy atom. The molecule has 1 aromatic rings. The number of rotatable bonds is 7. The number of benzene rings is 1. The Morgan fingerprint density at radius 3 is 2.05 bits per heavy atom. The number of likely N-dealkylation sites (N-methyl/N-ethyl adjacent to an activating group) is 1. The highest BCUT2D eigenvalue weighted by molar-refractivity contribution is 5.97. The minimum atomic E-state index is 0.207. The van der Waals surface area contributed by atoms with E-state index in [4.69, 9.17) is 0 Å². The van der Waals surface area contributed by atoms with Gasteiger partial charge < -0.3 is 0 Å². The molecule has 0 spiro atoms. The number of carbonyl (C=O) groups is 1. The van der Waals surface area contributed by atoms with Crippen LogP contribution in [-0.2, 0) is 0 Å². The van der Waals surface area contributed by atoms with Crippen molar-refractivity contribution in [3.63, 3.8) is 0 Å². The van der Waals surface area contributed by atoms with Crippen molar-refractivity contribution < 1.29 is 4.79 Å². The largest absolute Gasteiger partial charge is 0.296 e. The number of hydrogen-bond acceptors (Lipinski definition) is 2. The molecule has 0 radical (unpaired) electrons. The molecule has 0 heterocycles. The van der Waals surface area contributed by atoms with Gasteiger partial charge in [-0.05, 0) is 37.8 Å². The second-order valence-corrected chi connectivity index (χ2v) is 6.59. The van der Waals surface area contributed by atoms with Gasteiger partial charge in [-0.15, -0.1) is 0 Å². The standard InChI is InChI=1S/C18H29NO/c1-13(2)11-15(5)19(6)12-18(20)17-9-7-16(8-10-17)14(3)4/h7-10,13-15H,11-12H2,1-6H3. The van der Waals surface area contributed by atoms with Crippen molar-refractivity contribution >= 4 is 5.78 Å². The minimum Gasteiger partial charge on any atom is -0.296 e. The van der Waals surface area contributed by atoms with Gasteiger partial charge in [-0.3, -0.25) is 9.69 Å². The third-order valence-electron chi connectivity index (χ3n) is 3.86. The van der Waals surface area contributed by atoms with Gasteiger partial charge in [0.15, 0.2) is 5.78 Å². The van der Waals surface area contributed by atoms with E-state index in [0.29, 0.717) is 24.4 Å². The second-order valence-electron chi connectivity index (χ2n) is 6.59. The van der Waals surface area contributed by atoms with Crippen LogP contribution < -0.4 is 0 Å². The molecule has 1 rings (SSSR count). The highest BCUT2D eigenvalue weighted by Crippen LogP contribution is 2.16. The molecule has 0 fully saturated rings. The van der Waals surface area contributed by atoms with E-state index in [0.717, 1.165) is 12.0 Å². The third kappa shape index (κ3) is 5.09. The van der Waals surface area contributed by atoms with Crippen molar-refractivity contribution in [2.45, 2.75) is 53.0 Å². The first-order chi connectivity index (χ1) is 9.31. The average Bonchev–Trinajstić information content (AvgIpc) is 2.37. The first kappa shape index (κ1) is 16.9. The lowest BCUT2D eigenvalue weighted by Gasteiger charge is -2.25. The van der Waals surface area contributed by atoms with E-state index >= 15 is 0 Å². The molecule has 0 aliphatic rings. The maximum absolute atomic E-state index is 12.3. The molecule has 0 aliphatic carbocycles. The Balaban J connectivity index is 2.62. The summed E-state index contributed by atoms with van der Waals surface area (Å²) in [7, 11) is 2.04. The van der Waals surface area contributed by atoms with Gasteiger partial charge in [0.05, 0.1) is 6.54 Å². The zero-order valence-electron chi connectivity index (χ0n) is 13.8. The molecule has 1 unspecified atom stereocenters. The summed E-state index contributed by atoms with van der Waals surface area (Å²) in [4.78, 5) is 14.4. The molecule has 0 aliphatic heterocycles. The van der Waals surface area contributed by atoms with E-state index < -0.39 is 0 Å². The van der Waals surface area contributed by atoms with Crippen LogP contribution in [-0.4, -0.2) is 30.3 Å². The summed E-state index contributed by atoms with van der Waals surface area (Å²) < 4.78 is 0. The van der Waals surface area contributed by atoms with Crippen LogP contribution in [0.25, 0.3) is 0 Å². The van der Waals surface area contributed by atoms with E-state index in [1.807, 2.05) is 19.2 Å². The van der Waals surface area contributed by atoms with Gasteiger partial charge in [0.1, 0.15) is 0 Å². The Kier molecular flexibility index (Phi) is 6.41. The maximum atomic E-state index is 12.3.